The maximum Gasteiger partial charge on any atom is 0.258 e. The zero-order valence-electron chi connectivity index (χ0n) is 24.8. The van der Waals surface area contributed by atoms with E-state index in [0.29, 0.717) is 35.5 Å². The van der Waals surface area contributed by atoms with Gasteiger partial charge in [-0.2, -0.15) is 0 Å². The smallest absolute Gasteiger partial charge is 0.258 e. The molecular formula is C33H35FN4O7. The van der Waals surface area contributed by atoms with Crippen molar-refractivity contribution in [1.82, 2.24) is 20.9 Å². The number of rotatable bonds is 4. The third kappa shape index (κ3) is 8.49. The van der Waals surface area contributed by atoms with Crippen LogP contribution in [-0.2, 0) is 27.3 Å². The van der Waals surface area contributed by atoms with Crippen LogP contribution in [0.5, 0.6) is 17.2 Å². The van der Waals surface area contributed by atoms with Gasteiger partial charge in [0.15, 0.2) is 18.1 Å². The van der Waals surface area contributed by atoms with E-state index in [9.17, 15) is 23.6 Å². The van der Waals surface area contributed by atoms with Gasteiger partial charge in [-0.25, -0.2) is 4.39 Å². The molecule has 3 aromatic carbocycles. The van der Waals surface area contributed by atoms with Gasteiger partial charge in [-0.1, -0.05) is 24.3 Å². The van der Waals surface area contributed by atoms with Crippen LogP contribution < -0.4 is 30.2 Å². The molecule has 0 radical (unpaired) electrons. The number of nitrogens with one attached hydrogen (secondary N) is 3. The number of hydrogen-bond donors (Lipinski definition) is 3. The van der Waals surface area contributed by atoms with Gasteiger partial charge in [0.2, 0.25) is 11.8 Å². The van der Waals surface area contributed by atoms with Gasteiger partial charge in [-0.05, 0) is 53.9 Å². The second-order valence-electron chi connectivity index (χ2n) is 10.9. The lowest BCUT2D eigenvalue weighted by molar-refractivity contribution is -0.134. The Hall–Kier alpha value is -5.13. The van der Waals surface area contributed by atoms with Crippen LogP contribution in [0.3, 0.4) is 0 Å². The van der Waals surface area contributed by atoms with Crippen molar-refractivity contribution in [3.63, 3.8) is 0 Å². The molecule has 236 valence electrons. The topological polar surface area (TPSA) is 135 Å². The molecule has 0 saturated carbocycles. The molecule has 1 saturated heterocycles. The minimum atomic E-state index is -0.679. The molecule has 5 rings (SSSR count). The number of fused-ring (bicyclic) bond motifs is 5. The van der Waals surface area contributed by atoms with E-state index in [1.807, 2.05) is 6.07 Å². The molecule has 0 spiro atoms. The summed E-state index contributed by atoms with van der Waals surface area (Å²) in [5.41, 5.74) is 1.76. The van der Waals surface area contributed by atoms with Crippen molar-refractivity contribution in [3.8, 4) is 17.2 Å². The average molecular weight is 619 g/mol. The normalized spacial score (nSPS) is 18.8. The first-order chi connectivity index (χ1) is 21.8. The summed E-state index contributed by atoms with van der Waals surface area (Å²) >= 11 is 0. The van der Waals surface area contributed by atoms with Crippen molar-refractivity contribution in [1.29, 1.82) is 0 Å². The van der Waals surface area contributed by atoms with Gasteiger partial charge in [-0.15, -0.1) is 0 Å². The largest absolute Gasteiger partial charge is 0.493 e. The van der Waals surface area contributed by atoms with Crippen LogP contribution in [0, 0.1) is 5.82 Å². The molecule has 3 aromatic rings. The third-order valence-corrected chi connectivity index (χ3v) is 7.62. The Morgan fingerprint density at radius 1 is 1.02 bits per heavy atom. The molecular weight excluding hydrogens is 583 g/mol. The average Bonchev–Trinajstić information content (AvgIpc) is 3.04. The Morgan fingerprint density at radius 3 is 2.64 bits per heavy atom. The molecule has 4 bridgehead atoms. The lowest BCUT2D eigenvalue weighted by Gasteiger charge is -2.39. The number of carbonyl (C=O) groups excluding carboxylic acids is 4. The Bertz CT molecular complexity index is 1550. The number of ether oxygens (including phenoxy) is 3. The minimum Gasteiger partial charge on any atom is -0.493 e. The number of carbonyl (C=O) groups is 4. The predicted octanol–water partition coefficient (Wildman–Crippen LogP) is 2.37. The molecule has 3 N–H and O–H groups in total. The summed E-state index contributed by atoms with van der Waals surface area (Å²) in [6, 6.07) is 17.3. The molecule has 2 atom stereocenters. The number of likely N-dealkylation sites (tertiary alicyclic amines) is 1. The zero-order chi connectivity index (χ0) is 31.8. The van der Waals surface area contributed by atoms with Crippen molar-refractivity contribution in [2.45, 2.75) is 38.0 Å². The fraction of sp³-hybridized carbons (Fsp3) is 0.333. The zero-order valence-corrected chi connectivity index (χ0v) is 24.8. The van der Waals surface area contributed by atoms with Gasteiger partial charge in [0.1, 0.15) is 17.7 Å². The number of benzene rings is 3. The van der Waals surface area contributed by atoms with E-state index in [1.54, 1.807) is 53.4 Å². The molecule has 0 aromatic heterocycles. The first-order valence-corrected chi connectivity index (χ1v) is 14.7. The molecule has 1 fully saturated rings. The Kier molecular flexibility index (Phi) is 10.1. The van der Waals surface area contributed by atoms with E-state index in [1.165, 1.54) is 19.2 Å². The van der Waals surface area contributed by atoms with Crippen molar-refractivity contribution >= 4 is 23.6 Å². The summed E-state index contributed by atoms with van der Waals surface area (Å²) < 4.78 is 31.9. The molecule has 2 heterocycles. The van der Waals surface area contributed by atoms with Gasteiger partial charge >= 0.3 is 0 Å². The van der Waals surface area contributed by atoms with Crippen molar-refractivity contribution in [2.75, 3.05) is 33.4 Å². The number of halogens is 1. The number of amides is 4. The number of hydrogen-bond acceptors (Lipinski definition) is 7. The van der Waals surface area contributed by atoms with Crippen molar-refractivity contribution in [2.24, 2.45) is 0 Å². The van der Waals surface area contributed by atoms with Gasteiger partial charge in [0.05, 0.1) is 19.7 Å². The quantitative estimate of drug-likeness (QED) is 0.409. The highest BCUT2D eigenvalue weighted by Crippen LogP contribution is 2.29. The van der Waals surface area contributed by atoms with E-state index >= 15 is 0 Å². The highest BCUT2D eigenvalue weighted by atomic mass is 19.1. The molecule has 2 aliphatic heterocycles. The molecule has 12 heteroatoms. The summed E-state index contributed by atoms with van der Waals surface area (Å²) in [7, 11) is 1.49. The summed E-state index contributed by atoms with van der Waals surface area (Å²) in [6.07, 6.45) is 0.315. The first-order valence-electron chi connectivity index (χ1n) is 14.7. The van der Waals surface area contributed by atoms with Gasteiger partial charge < -0.3 is 35.1 Å². The van der Waals surface area contributed by atoms with Gasteiger partial charge in [0.25, 0.3) is 11.8 Å². The second-order valence-corrected chi connectivity index (χ2v) is 10.9. The van der Waals surface area contributed by atoms with E-state index < -0.39 is 23.9 Å². The van der Waals surface area contributed by atoms with Gasteiger partial charge in [-0.3, -0.25) is 19.2 Å². The molecule has 0 unspecified atom stereocenters. The maximum atomic E-state index is 14.6. The highest BCUT2D eigenvalue weighted by molar-refractivity contribution is 5.96. The lowest BCUT2D eigenvalue weighted by Crippen LogP contribution is -2.59. The molecule has 4 amide bonds. The van der Waals surface area contributed by atoms with E-state index in [-0.39, 0.29) is 62.7 Å². The standard InChI is InChI=1S/C33H35FN4O7/c1-43-28-9-7-21-8-10-30(39)35-17-22-13-24(34)16-25(14-22)45-27-11-12-38(19-26(27)37-31(40)20-44-29(28)15-21)32(41)18-36-33(42)23-5-3-2-4-6-23/h2-7,9,13-16,26-27H,8,10-12,17-20H2,1H3,(H,35,39)(H,36,42)(H,37,40)/t26-,27-/m1/s1. The molecule has 2 aliphatic rings. The lowest BCUT2D eigenvalue weighted by atomic mass is 10.0. The highest BCUT2D eigenvalue weighted by Gasteiger charge is 2.34. The number of nitrogens with zero attached hydrogens (tertiary/aromatic N) is 1. The number of piperidine rings is 1. The van der Waals surface area contributed by atoms with Crippen LogP contribution in [-0.4, -0.2) is 74.0 Å². The number of aryl methyl sites for hydroxylation is 1. The van der Waals surface area contributed by atoms with Crippen molar-refractivity contribution < 1.29 is 37.8 Å². The Labute approximate surface area is 260 Å². The van der Waals surface area contributed by atoms with Crippen LogP contribution in [0.4, 0.5) is 4.39 Å². The summed E-state index contributed by atoms with van der Waals surface area (Å²) in [5, 5.41) is 8.37. The minimum absolute atomic E-state index is 0.0908. The van der Waals surface area contributed by atoms with Crippen LogP contribution in [0.1, 0.15) is 34.3 Å². The summed E-state index contributed by atoms with van der Waals surface area (Å²) in [4.78, 5) is 52.8. The van der Waals surface area contributed by atoms with Crippen molar-refractivity contribution in [3.05, 3.63) is 89.2 Å². The van der Waals surface area contributed by atoms with E-state index in [0.717, 1.165) is 5.56 Å². The number of methoxy groups -OCH3 is 1. The van der Waals surface area contributed by atoms with Crippen LogP contribution >= 0.6 is 0 Å². The van der Waals surface area contributed by atoms with Crippen LogP contribution in [0.2, 0.25) is 0 Å². The summed E-state index contributed by atoms with van der Waals surface area (Å²) in [6.45, 7) is -0.0954. The SMILES string of the molecule is COc1ccc2cc1OCC(=O)N[C@@H]1CN(C(=O)CNC(=O)c3ccccc3)CC[C@H]1Oc1cc(F)cc(c1)CNC(=O)CC2. The molecule has 45 heavy (non-hydrogen) atoms. The third-order valence-electron chi connectivity index (χ3n) is 7.62. The Balaban J connectivity index is 1.34. The summed E-state index contributed by atoms with van der Waals surface area (Å²) in [5.74, 6) is -0.901. The van der Waals surface area contributed by atoms with Crippen LogP contribution in [0.15, 0.2) is 66.7 Å². The first kappa shape index (κ1) is 31.3. The fourth-order valence-corrected chi connectivity index (χ4v) is 5.29. The van der Waals surface area contributed by atoms with Crippen LogP contribution in [0.25, 0.3) is 0 Å². The van der Waals surface area contributed by atoms with Gasteiger partial charge in [0, 0.05) is 44.1 Å². The predicted molar refractivity (Wildman–Crippen MR) is 161 cm³/mol. The maximum absolute atomic E-state index is 14.6. The molecule has 11 nitrogen and oxygen atoms in total. The van der Waals surface area contributed by atoms with E-state index in [4.69, 9.17) is 14.2 Å². The van der Waals surface area contributed by atoms with E-state index in [2.05, 4.69) is 16.0 Å². The monoisotopic (exact) mass is 618 g/mol. The fourth-order valence-electron chi connectivity index (χ4n) is 5.29. The molecule has 0 aliphatic carbocycles. The second kappa shape index (κ2) is 14.6. The Morgan fingerprint density at radius 2 is 1.84 bits per heavy atom.